The molecule has 2 aromatic rings. The number of rotatable bonds is 3. The third kappa shape index (κ3) is 4.13. The van der Waals surface area contributed by atoms with Crippen molar-refractivity contribution < 1.29 is 4.79 Å². The maximum absolute atomic E-state index is 12.9. The summed E-state index contributed by atoms with van der Waals surface area (Å²) in [5.74, 6) is 1.35. The molecule has 0 aliphatic carbocycles. The van der Waals surface area contributed by atoms with Gasteiger partial charge in [0.2, 0.25) is 0 Å². The molecule has 144 valence electrons. The molecule has 7 nitrogen and oxygen atoms in total. The maximum Gasteiger partial charge on any atom is 0.320 e. The number of hydrogen-bond donors (Lipinski definition) is 0. The highest BCUT2D eigenvalue weighted by atomic mass is 16.2. The van der Waals surface area contributed by atoms with Crippen LogP contribution >= 0.6 is 0 Å². The standard InChI is InChI=1S/C20H28N6O/c1-23-11-13-24(14-12-23)20(27)26-9-4-5-17(15-26)19-22-8-10-25(19)16-18-6-2-3-7-21-18/h2-3,6-8,10,17H,4-5,9,11-16H2,1H3. The minimum atomic E-state index is 0.190. The third-order valence-corrected chi connectivity index (χ3v) is 5.64. The van der Waals surface area contributed by atoms with Crippen LogP contribution in [0.5, 0.6) is 0 Å². The fourth-order valence-corrected chi connectivity index (χ4v) is 4.04. The number of aromatic nitrogens is 3. The van der Waals surface area contributed by atoms with Gasteiger partial charge in [-0.1, -0.05) is 6.07 Å². The molecule has 0 aromatic carbocycles. The fourth-order valence-electron chi connectivity index (χ4n) is 4.04. The molecule has 0 spiro atoms. The van der Waals surface area contributed by atoms with Crippen LogP contribution < -0.4 is 0 Å². The molecule has 27 heavy (non-hydrogen) atoms. The number of nitrogens with zero attached hydrogens (tertiary/aromatic N) is 6. The van der Waals surface area contributed by atoms with E-state index in [1.165, 1.54) is 0 Å². The number of pyridine rings is 1. The average molecular weight is 368 g/mol. The lowest BCUT2D eigenvalue weighted by atomic mass is 9.97. The van der Waals surface area contributed by atoms with Gasteiger partial charge in [-0.3, -0.25) is 4.98 Å². The van der Waals surface area contributed by atoms with Crippen LogP contribution in [0, 0.1) is 0 Å². The van der Waals surface area contributed by atoms with E-state index in [-0.39, 0.29) is 11.9 Å². The monoisotopic (exact) mass is 368 g/mol. The van der Waals surface area contributed by atoms with Crippen molar-refractivity contribution in [3.05, 3.63) is 48.3 Å². The summed E-state index contributed by atoms with van der Waals surface area (Å²) in [5.41, 5.74) is 1.03. The number of likely N-dealkylation sites (N-methyl/N-ethyl adjacent to an activating group) is 1. The van der Waals surface area contributed by atoms with Gasteiger partial charge in [0.1, 0.15) is 5.82 Å². The van der Waals surface area contributed by atoms with Gasteiger partial charge < -0.3 is 19.3 Å². The molecule has 4 rings (SSSR count). The highest BCUT2D eigenvalue weighted by Gasteiger charge is 2.30. The van der Waals surface area contributed by atoms with Crippen molar-refractivity contribution in [2.45, 2.75) is 25.3 Å². The van der Waals surface area contributed by atoms with Crippen molar-refractivity contribution in [3.63, 3.8) is 0 Å². The van der Waals surface area contributed by atoms with Crippen molar-refractivity contribution in [3.8, 4) is 0 Å². The van der Waals surface area contributed by atoms with Gasteiger partial charge >= 0.3 is 6.03 Å². The molecule has 1 unspecified atom stereocenters. The molecular weight excluding hydrogens is 340 g/mol. The Morgan fingerprint density at radius 2 is 1.93 bits per heavy atom. The van der Waals surface area contributed by atoms with Crippen LogP contribution in [-0.2, 0) is 6.54 Å². The molecule has 2 fully saturated rings. The topological polar surface area (TPSA) is 57.5 Å². The first-order chi connectivity index (χ1) is 13.2. The highest BCUT2D eigenvalue weighted by molar-refractivity contribution is 5.74. The van der Waals surface area contributed by atoms with Crippen LogP contribution in [-0.4, -0.2) is 81.6 Å². The molecule has 0 saturated carbocycles. The van der Waals surface area contributed by atoms with Crippen molar-refractivity contribution in [1.82, 2.24) is 29.2 Å². The number of amides is 2. The first kappa shape index (κ1) is 18.0. The van der Waals surface area contributed by atoms with Gasteiger partial charge in [0.15, 0.2) is 0 Å². The third-order valence-electron chi connectivity index (χ3n) is 5.64. The fraction of sp³-hybridized carbons (Fsp3) is 0.550. The van der Waals surface area contributed by atoms with E-state index in [4.69, 9.17) is 0 Å². The van der Waals surface area contributed by atoms with Crippen LogP contribution in [0.2, 0.25) is 0 Å². The molecule has 2 amide bonds. The lowest BCUT2D eigenvalue weighted by molar-refractivity contribution is 0.111. The summed E-state index contributed by atoms with van der Waals surface area (Å²) in [6.45, 7) is 5.89. The Hall–Kier alpha value is -2.41. The van der Waals surface area contributed by atoms with Crippen molar-refractivity contribution >= 4 is 6.03 Å². The first-order valence-electron chi connectivity index (χ1n) is 9.84. The molecule has 7 heteroatoms. The molecule has 2 saturated heterocycles. The Morgan fingerprint density at radius 1 is 1.07 bits per heavy atom. The zero-order chi connectivity index (χ0) is 18.6. The molecule has 2 aliphatic rings. The summed E-state index contributed by atoms with van der Waals surface area (Å²) in [4.78, 5) is 28.3. The van der Waals surface area contributed by atoms with Crippen LogP contribution in [0.3, 0.4) is 0 Å². The lowest BCUT2D eigenvalue weighted by Gasteiger charge is -2.39. The predicted octanol–water partition coefficient (Wildman–Crippen LogP) is 1.87. The zero-order valence-electron chi connectivity index (χ0n) is 16.0. The molecule has 1 atom stereocenters. The predicted molar refractivity (Wildman–Crippen MR) is 104 cm³/mol. The Morgan fingerprint density at radius 3 is 2.70 bits per heavy atom. The summed E-state index contributed by atoms with van der Waals surface area (Å²) in [6, 6.07) is 6.17. The van der Waals surface area contributed by atoms with E-state index < -0.39 is 0 Å². The summed E-state index contributed by atoms with van der Waals surface area (Å²) >= 11 is 0. The van der Waals surface area contributed by atoms with E-state index in [1.54, 1.807) is 0 Å². The van der Waals surface area contributed by atoms with E-state index >= 15 is 0 Å². The number of piperazine rings is 1. The van der Waals surface area contributed by atoms with Gasteiger partial charge in [-0.2, -0.15) is 0 Å². The molecular formula is C20H28N6O. The second-order valence-corrected chi connectivity index (χ2v) is 7.59. The minimum Gasteiger partial charge on any atom is -0.329 e. The number of carbonyl (C=O) groups excluding carboxylic acids is 1. The first-order valence-corrected chi connectivity index (χ1v) is 9.84. The lowest BCUT2D eigenvalue weighted by Crippen LogP contribution is -2.53. The molecule has 2 aliphatic heterocycles. The zero-order valence-corrected chi connectivity index (χ0v) is 16.0. The van der Waals surface area contributed by atoms with Gasteiger partial charge in [-0.15, -0.1) is 0 Å². The Bertz CT molecular complexity index is 753. The van der Waals surface area contributed by atoms with E-state index in [0.717, 1.165) is 70.2 Å². The average Bonchev–Trinajstić information content (AvgIpc) is 3.17. The number of hydrogen-bond acceptors (Lipinski definition) is 4. The maximum atomic E-state index is 12.9. The van der Waals surface area contributed by atoms with E-state index in [9.17, 15) is 4.79 Å². The smallest absolute Gasteiger partial charge is 0.320 e. The number of piperidine rings is 1. The number of likely N-dealkylation sites (tertiary alicyclic amines) is 1. The van der Waals surface area contributed by atoms with E-state index in [0.29, 0.717) is 0 Å². The van der Waals surface area contributed by atoms with Crippen molar-refractivity contribution in [1.29, 1.82) is 0 Å². The van der Waals surface area contributed by atoms with Crippen molar-refractivity contribution in [2.24, 2.45) is 0 Å². The number of imidazole rings is 1. The second-order valence-electron chi connectivity index (χ2n) is 7.59. The Kier molecular flexibility index (Phi) is 5.38. The Balaban J connectivity index is 1.43. The van der Waals surface area contributed by atoms with Gasteiger partial charge in [0, 0.05) is 63.8 Å². The van der Waals surface area contributed by atoms with Crippen LogP contribution in [0.4, 0.5) is 4.79 Å². The summed E-state index contributed by atoms with van der Waals surface area (Å²) in [7, 11) is 2.11. The normalized spacial score (nSPS) is 21.4. The summed E-state index contributed by atoms with van der Waals surface area (Å²) in [6.07, 6.45) is 7.81. The number of urea groups is 1. The quantitative estimate of drug-likeness (QED) is 0.830. The summed E-state index contributed by atoms with van der Waals surface area (Å²) in [5, 5.41) is 0. The molecule has 0 bridgehead atoms. The van der Waals surface area contributed by atoms with E-state index in [2.05, 4.69) is 26.5 Å². The van der Waals surface area contributed by atoms with Gasteiger partial charge in [-0.05, 0) is 32.0 Å². The summed E-state index contributed by atoms with van der Waals surface area (Å²) < 4.78 is 2.18. The molecule has 0 N–H and O–H groups in total. The van der Waals surface area contributed by atoms with Crippen LogP contribution in [0.25, 0.3) is 0 Å². The van der Waals surface area contributed by atoms with Crippen LogP contribution in [0.15, 0.2) is 36.8 Å². The van der Waals surface area contributed by atoms with E-state index in [1.807, 2.05) is 46.6 Å². The molecule has 4 heterocycles. The second kappa shape index (κ2) is 8.08. The van der Waals surface area contributed by atoms with Crippen molar-refractivity contribution in [2.75, 3.05) is 46.3 Å². The van der Waals surface area contributed by atoms with Gasteiger partial charge in [0.25, 0.3) is 0 Å². The van der Waals surface area contributed by atoms with Crippen LogP contribution in [0.1, 0.15) is 30.3 Å². The SMILES string of the molecule is CN1CCN(C(=O)N2CCCC(c3nccn3Cc3ccccn3)C2)CC1. The molecule has 2 aromatic heterocycles. The molecule has 0 radical (unpaired) electrons. The largest absolute Gasteiger partial charge is 0.329 e. The van der Waals surface area contributed by atoms with Gasteiger partial charge in [-0.25, -0.2) is 9.78 Å². The number of carbonyl (C=O) groups is 1. The highest BCUT2D eigenvalue weighted by Crippen LogP contribution is 2.27. The minimum absolute atomic E-state index is 0.190. The Labute approximate surface area is 160 Å². The van der Waals surface area contributed by atoms with Gasteiger partial charge in [0.05, 0.1) is 12.2 Å².